The Kier molecular flexibility index (Phi) is 5.04. The molecule has 1 aromatic rings. The Morgan fingerprint density at radius 3 is 2.55 bits per heavy atom. The van der Waals surface area contributed by atoms with Crippen LogP contribution in [-0.2, 0) is 13.0 Å². The molecule has 1 heterocycles. The van der Waals surface area contributed by atoms with Gasteiger partial charge < -0.3 is 15.3 Å². The molecule has 1 aliphatic heterocycles. The highest BCUT2D eigenvalue weighted by Crippen LogP contribution is 2.32. The lowest BCUT2D eigenvalue weighted by atomic mass is 9.97. The number of rotatable bonds is 5. The van der Waals surface area contributed by atoms with Gasteiger partial charge in [0.05, 0.1) is 0 Å². The van der Waals surface area contributed by atoms with Crippen molar-refractivity contribution in [1.29, 1.82) is 0 Å². The summed E-state index contributed by atoms with van der Waals surface area (Å²) in [4.78, 5) is 2.25. The highest BCUT2D eigenvalue weighted by Gasteiger charge is 2.20. The Morgan fingerprint density at radius 2 is 1.95 bits per heavy atom. The third-order valence-electron chi connectivity index (χ3n) is 3.97. The minimum atomic E-state index is -0.0652. The molecule has 0 atom stereocenters. The average molecular weight is 277 g/mol. The summed E-state index contributed by atoms with van der Waals surface area (Å²) in [6.07, 6.45) is 4.42. The lowest BCUT2D eigenvalue weighted by Gasteiger charge is -2.31. The predicted molar refractivity (Wildman–Crippen MR) is 78.8 cm³/mol. The second kappa shape index (κ2) is 6.77. The topological polar surface area (TPSA) is 63.9 Å². The number of nitrogens with zero attached hydrogens (tertiary/aromatic N) is 1. The first kappa shape index (κ1) is 14.9. The van der Waals surface area contributed by atoms with Gasteiger partial charge in [-0.2, -0.15) is 0 Å². The molecule has 1 saturated heterocycles. The van der Waals surface area contributed by atoms with Crippen molar-refractivity contribution >= 4 is 0 Å². The van der Waals surface area contributed by atoms with Gasteiger partial charge in [0.15, 0.2) is 11.5 Å². The van der Waals surface area contributed by atoms with E-state index in [1.165, 1.54) is 0 Å². The zero-order valence-corrected chi connectivity index (χ0v) is 11.8. The molecular weight excluding hydrogens is 254 g/mol. The fraction of sp³-hybridized carbons (Fsp3) is 0.500. The molecule has 0 bridgehead atoms. The molecule has 0 radical (unpaired) electrons. The smallest absolute Gasteiger partial charge is 0.162 e. The molecule has 4 nitrogen and oxygen atoms in total. The summed E-state index contributed by atoms with van der Waals surface area (Å²) in [6.45, 7) is 6.41. The van der Waals surface area contributed by atoms with Gasteiger partial charge in [0, 0.05) is 18.7 Å². The van der Waals surface area contributed by atoms with Crippen molar-refractivity contribution < 1.29 is 15.3 Å². The van der Waals surface area contributed by atoms with E-state index in [0.29, 0.717) is 18.9 Å². The standard InChI is InChI=1S/C16H23NO3/c1-2-3-13-8-14(16(20)15(19)9-13)10-17-6-4-12(11-18)5-7-17/h2,8-9,12,18-20H,1,3-7,10-11H2. The van der Waals surface area contributed by atoms with Crippen molar-refractivity contribution in [3.63, 3.8) is 0 Å². The molecule has 1 aromatic carbocycles. The number of piperidine rings is 1. The second-order valence-corrected chi connectivity index (χ2v) is 5.52. The number of aromatic hydroxyl groups is 2. The first-order chi connectivity index (χ1) is 9.63. The van der Waals surface area contributed by atoms with E-state index in [4.69, 9.17) is 5.11 Å². The molecule has 0 amide bonds. The number of allylic oxidation sites excluding steroid dienone is 1. The molecule has 110 valence electrons. The first-order valence-corrected chi connectivity index (χ1v) is 7.12. The van der Waals surface area contributed by atoms with Crippen LogP contribution >= 0.6 is 0 Å². The first-order valence-electron chi connectivity index (χ1n) is 7.12. The maximum atomic E-state index is 9.98. The number of phenolic OH excluding ortho intramolecular Hbond substituents is 2. The van der Waals surface area contributed by atoms with Crippen molar-refractivity contribution in [2.24, 2.45) is 5.92 Å². The Bertz CT molecular complexity index is 465. The molecule has 1 aliphatic rings. The summed E-state index contributed by atoms with van der Waals surface area (Å²) in [5.41, 5.74) is 1.71. The number of phenols is 2. The number of hydrogen-bond acceptors (Lipinski definition) is 4. The van der Waals surface area contributed by atoms with Crippen LogP contribution in [0, 0.1) is 5.92 Å². The maximum Gasteiger partial charge on any atom is 0.162 e. The summed E-state index contributed by atoms with van der Waals surface area (Å²) in [5.74, 6) is 0.312. The van der Waals surface area contributed by atoms with Gasteiger partial charge in [0.25, 0.3) is 0 Å². The van der Waals surface area contributed by atoms with E-state index in [2.05, 4.69) is 11.5 Å². The van der Waals surface area contributed by atoms with Crippen molar-refractivity contribution in [3.8, 4) is 11.5 Å². The van der Waals surface area contributed by atoms with Gasteiger partial charge in [0.2, 0.25) is 0 Å². The summed E-state index contributed by atoms with van der Waals surface area (Å²) >= 11 is 0. The number of benzene rings is 1. The molecule has 0 spiro atoms. The third-order valence-corrected chi connectivity index (χ3v) is 3.97. The summed E-state index contributed by atoms with van der Waals surface area (Å²) in [5, 5.41) is 28.9. The van der Waals surface area contributed by atoms with Gasteiger partial charge in [-0.1, -0.05) is 12.1 Å². The second-order valence-electron chi connectivity index (χ2n) is 5.52. The van der Waals surface area contributed by atoms with E-state index in [-0.39, 0.29) is 18.1 Å². The lowest BCUT2D eigenvalue weighted by Crippen LogP contribution is -2.34. The van der Waals surface area contributed by atoms with E-state index in [1.54, 1.807) is 12.1 Å². The molecule has 3 N–H and O–H groups in total. The normalized spacial score (nSPS) is 17.2. The lowest BCUT2D eigenvalue weighted by molar-refractivity contribution is 0.126. The Balaban J connectivity index is 2.07. The monoisotopic (exact) mass is 277 g/mol. The van der Waals surface area contributed by atoms with E-state index in [0.717, 1.165) is 37.1 Å². The molecule has 0 saturated carbocycles. The molecule has 0 unspecified atom stereocenters. The van der Waals surface area contributed by atoms with E-state index >= 15 is 0 Å². The van der Waals surface area contributed by atoms with E-state index < -0.39 is 0 Å². The Morgan fingerprint density at radius 1 is 1.25 bits per heavy atom. The molecule has 20 heavy (non-hydrogen) atoms. The minimum Gasteiger partial charge on any atom is -0.504 e. The third kappa shape index (κ3) is 3.52. The number of aliphatic hydroxyl groups is 1. The van der Waals surface area contributed by atoms with Gasteiger partial charge >= 0.3 is 0 Å². The molecule has 0 aliphatic carbocycles. The van der Waals surface area contributed by atoms with Crippen LogP contribution in [-0.4, -0.2) is 39.9 Å². The number of hydrogen-bond donors (Lipinski definition) is 3. The van der Waals surface area contributed by atoms with Gasteiger partial charge in [-0.25, -0.2) is 0 Å². The summed E-state index contributed by atoms with van der Waals surface area (Å²) < 4.78 is 0. The fourth-order valence-electron chi connectivity index (χ4n) is 2.72. The Labute approximate surface area is 120 Å². The van der Waals surface area contributed by atoms with Crippen molar-refractivity contribution in [2.45, 2.75) is 25.8 Å². The largest absolute Gasteiger partial charge is 0.504 e. The molecule has 0 aromatic heterocycles. The number of likely N-dealkylation sites (tertiary alicyclic amines) is 1. The van der Waals surface area contributed by atoms with Gasteiger partial charge in [-0.3, -0.25) is 4.90 Å². The number of aliphatic hydroxyl groups excluding tert-OH is 1. The van der Waals surface area contributed by atoms with Gasteiger partial charge in [-0.05, 0) is 49.9 Å². The minimum absolute atomic E-state index is 0.0258. The van der Waals surface area contributed by atoms with E-state index in [1.807, 2.05) is 6.07 Å². The summed E-state index contributed by atoms with van der Waals surface area (Å²) in [7, 11) is 0. The summed E-state index contributed by atoms with van der Waals surface area (Å²) in [6, 6.07) is 3.51. The van der Waals surface area contributed by atoms with Crippen LogP contribution < -0.4 is 0 Å². The predicted octanol–water partition coefficient (Wildman–Crippen LogP) is 2.03. The highest BCUT2D eigenvalue weighted by molar-refractivity contribution is 5.48. The van der Waals surface area contributed by atoms with Crippen LogP contribution in [0.4, 0.5) is 0 Å². The highest BCUT2D eigenvalue weighted by atomic mass is 16.3. The van der Waals surface area contributed by atoms with Crippen LogP contribution in [0.1, 0.15) is 24.0 Å². The molecule has 4 heteroatoms. The van der Waals surface area contributed by atoms with Gasteiger partial charge in [-0.15, -0.1) is 6.58 Å². The SMILES string of the molecule is C=CCc1cc(O)c(O)c(CN2CCC(CO)CC2)c1. The average Bonchev–Trinajstić information content (AvgIpc) is 2.45. The van der Waals surface area contributed by atoms with Crippen molar-refractivity contribution in [2.75, 3.05) is 19.7 Å². The fourth-order valence-corrected chi connectivity index (χ4v) is 2.72. The zero-order valence-electron chi connectivity index (χ0n) is 11.8. The Hall–Kier alpha value is -1.52. The van der Waals surface area contributed by atoms with Crippen molar-refractivity contribution in [1.82, 2.24) is 4.90 Å². The van der Waals surface area contributed by atoms with Crippen LogP contribution in [0.2, 0.25) is 0 Å². The molecule has 1 fully saturated rings. The van der Waals surface area contributed by atoms with Crippen LogP contribution in [0.15, 0.2) is 24.8 Å². The van der Waals surface area contributed by atoms with Crippen LogP contribution in [0.3, 0.4) is 0 Å². The van der Waals surface area contributed by atoms with Crippen molar-refractivity contribution in [3.05, 3.63) is 35.9 Å². The van der Waals surface area contributed by atoms with Gasteiger partial charge in [0.1, 0.15) is 0 Å². The molecule has 2 rings (SSSR count). The molecular formula is C16H23NO3. The van der Waals surface area contributed by atoms with Crippen LogP contribution in [0.5, 0.6) is 11.5 Å². The quantitative estimate of drug-likeness (QED) is 0.569. The zero-order chi connectivity index (χ0) is 14.5. The van der Waals surface area contributed by atoms with E-state index in [9.17, 15) is 10.2 Å². The maximum absolute atomic E-state index is 9.98. The van der Waals surface area contributed by atoms with Crippen LogP contribution in [0.25, 0.3) is 0 Å².